The molecule has 0 saturated heterocycles. The SMILES string of the molecule is CC(C)(CC(O)(/C=N/c1cccc2[nH]c(=O)ccc12)C(F)(F)F)c1ccccc1. The monoisotopic (exact) mass is 402 g/mol. The van der Waals surface area contributed by atoms with Crippen molar-refractivity contribution in [1.82, 2.24) is 4.98 Å². The molecule has 2 N–H and O–H groups in total. The van der Waals surface area contributed by atoms with Gasteiger partial charge in [0.15, 0.2) is 5.60 Å². The highest BCUT2D eigenvalue weighted by Gasteiger charge is 2.55. The van der Waals surface area contributed by atoms with Crippen LogP contribution in [-0.4, -0.2) is 28.1 Å². The number of aliphatic hydroxyl groups is 1. The maximum Gasteiger partial charge on any atom is 0.422 e. The fourth-order valence-electron chi connectivity index (χ4n) is 3.34. The molecule has 0 saturated carbocycles. The molecule has 1 aromatic heterocycles. The van der Waals surface area contributed by atoms with Gasteiger partial charge >= 0.3 is 6.18 Å². The van der Waals surface area contributed by atoms with Crippen LogP contribution >= 0.6 is 0 Å². The molecule has 1 unspecified atom stereocenters. The van der Waals surface area contributed by atoms with Gasteiger partial charge in [-0.3, -0.25) is 9.79 Å². The molecular formula is C22H21F3N2O2. The number of aromatic nitrogens is 1. The molecule has 1 heterocycles. The first-order valence-electron chi connectivity index (χ1n) is 9.04. The van der Waals surface area contributed by atoms with Crippen molar-refractivity contribution in [2.24, 2.45) is 4.99 Å². The van der Waals surface area contributed by atoms with E-state index in [4.69, 9.17) is 0 Å². The molecule has 0 bridgehead atoms. The average molecular weight is 402 g/mol. The van der Waals surface area contributed by atoms with Crippen LogP contribution in [0.15, 0.2) is 70.5 Å². The van der Waals surface area contributed by atoms with Crippen molar-refractivity contribution in [2.45, 2.75) is 37.5 Å². The first-order chi connectivity index (χ1) is 13.5. The third-order valence-corrected chi connectivity index (χ3v) is 4.92. The van der Waals surface area contributed by atoms with Crippen molar-refractivity contribution in [3.05, 3.63) is 76.6 Å². The van der Waals surface area contributed by atoms with Crippen molar-refractivity contribution < 1.29 is 18.3 Å². The molecule has 0 aliphatic carbocycles. The zero-order valence-corrected chi connectivity index (χ0v) is 16.0. The van der Waals surface area contributed by atoms with Crippen molar-refractivity contribution >= 4 is 22.8 Å². The van der Waals surface area contributed by atoms with Crippen LogP contribution in [0.2, 0.25) is 0 Å². The van der Waals surface area contributed by atoms with E-state index in [1.807, 2.05) is 0 Å². The predicted molar refractivity (Wildman–Crippen MR) is 108 cm³/mol. The van der Waals surface area contributed by atoms with E-state index in [2.05, 4.69) is 9.98 Å². The molecule has 0 aliphatic rings. The Hall–Kier alpha value is -2.93. The standard InChI is InChI=1S/C22H21F3N2O2/c1-20(2,15-7-4-3-5-8-15)13-21(29,22(23,24)25)14-26-17-9-6-10-18-16(17)11-12-19(28)27-18/h3-12,14,29H,13H2,1-2H3,(H,27,28)/b26-14+. The fourth-order valence-corrected chi connectivity index (χ4v) is 3.34. The zero-order valence-electron chi connectivity index (χ0n) is 16.0. The Balaban J connectivity index is 2.01. The average Bonchev–Trinajstić information content (AvgIpc) is 2.65. The third kappa shape index (κ3) is 4.40. The smallest absolute Gasteiger partial charge is 0.376 e. The number of nitrogens with zero attached hydrogens (tertiary/aromatic N) is 1. The fraction of sp³-hybridized carbons (Fsp3) is 0.273. The molecular weight excluding hydrogens is 381 g/mol. The molecule has 1 atom stereocenters. The minimum atomic E-state index is -4.92. The largest absolute Gasteiger partial charge is 0.422 e. The number of alkyl halides is 3. The van der Waals surface area contributed by atoms with Gasteiger partial charge in [-0.15, -0.1) is 0 Å². The van der Waals surface area contributed by atoms with Gasteiger partial charge in [0.2, 0.25) is 5.56 Å². The van der Waals surface area contributed by atoms with Gasteiger partial charge in [-0.1, -0.05) is 50.2 Å². The highest BCUT2D eigenvalue weighted by Crippen LogP contribution is 2.40. The molecule has 3 aromatic rings. The zero-order chi connectivity index (χ0) is 21.3. The Bertz CT molecular complexity index is 1090. The number of rotatable bonds is 5. The van der Waals surface area contributed by atoms with E-state index in [1.54, 1.807) is 56.3 Å². The molecule has 0 amide bonds. The number of nitrogens with one attached hydrogen (secondary N) is 1. The molecule has 3 rings (SSSR count). The van der Waals surface area contributed by atoms with E-state index in [0.29, 0.717) is 22.7 Å². The number of pyridine rings is 1. The minimum absolute atomic E-state index is 0.221. The highest BCUT2D eigenvalue weighted by molar-refractivity contribution is 5.91. The molecule has 152 valence electrons. The van der Waals surface area contributed by atoms with Gasteiger partial charge in [0.05, 0.1) is 11.2 Å². The second-order valence-electron chi connectivity index (χ2n) is 7.67. The number of aliphatic imine (C=N–C) groups is 1. The first kappa shape index (κ1) is 20.8. The Labute approximate surface area is 165 Å². The molecule has 29 heavy (non-hydrogen) atoms. The second-order valence-corrected chi connectivity index (χ2v) is 7.67. The van der Waals surface area contributed by atoms with Crippen LogP contribution in [0.5, 0.6) is 0 Å². The van der Waals surface area contributed by atoms with Crippen LogP contribution in [0.3, 0.4) is 0 Å². The third-order valence-electron chi connectivity index (χ3n) is 4.92. The number of hydrogen-bond donors (Lipinski definition) is 2. The Morgan fingerprint density at radius 2 is 1.69 bits per heavy atom. The van der Waals surface area contributed by atoms with E-state index in [1.165, 1.54) is 18.2 Å². The van der Waals surface area contributed by atoms with Gasteiger partial charge in [-0.25, -0.2) is 0 Å². The van der Waals surface area contributed by atoms with Crippen molar-refractivity contribution in [3.8, 4) is 0 Å². The Kier molecular flexibility index (Phi) is 5.36. The summed E-state index contributed by atoms with van der Waals surface area (Å²) in [5.41, 5.74) is -3.06. The summed E-state index contributed by atoms with van der Waals surface area (Å²) in [6, 6.07) is 16.2. The lowest BCUT2D eigenvalue weighted by Crippen LogP contribution is -2.50. The predicted octanol–water partition coefficient (Wildman–Crippen LogP) is 4.89. The number of halogens is 3. The molecule has 2 aromatic carbocycles. The number of fused-ring (bicyclic) bond motifs is 1. The van der Waals surface area contributed by atoms with Crippen molar-refractivity contribution in [2.75, 3.05) is 0 Å². The van der Waals surface area contributed by atoms with Crippen molar-refractivity contribution in [1.29, 1.82) is 0 Å². The number of hydrogen-bond acceptors (Lipinski definition) is 3. The van der Waals surface area contributed by atoms with E-state index in [0.717, 1.165) is 0 Å². The van der Waals surface area contributed by atoms with Crippen LogP contribution < -0.4 is 5.56 Å². The molecule has 0 fully saturated rings. The summed E-state index contributed by atoms with van der Waals surface area (Å²) in [5, 5.41) is 11.1. The molecule has 4 nitrogen and oxygen atoms in total. The molecule has 7 heteroatoms. The summed E-state index contributed by atoms with van der Waals surface area (Å²) in [7, 11) is 0. The van der Waals surface area contributed by atoms with Crippen molar-refractivity contribution in [3.63, 3.8) is 0 Å². The first-order valence-corrected chi connectivity index (χ1v) is 9.04. The van der Waals surface area contributed by atoms with Crippen LogP contribution in [0.4, 0.5) is 18.9 Å². The van der Waals surface area contributed by atoms with Gasteiger partial charge in [0, 0.05) is 17.7 Å². The van der Waals surface area contributed by atoms with Gasteiger partial charge in [0.1, 0.15) is 0 Å². The van der Waals surface area contributed by atoms with Crippen LogP contribution in [-0.2, 0) is 5.41 Å². The van der Waals surface area contributed by atoms with Crippen LogP contribution in [0, 0.1) is 0 Å². The molecule has 0 radical (unpaired) electrons. The van der Waals surface area contributed by atoms with Gasteiger partial charge < -0.3 is 10.1 Å². The van der Waals surface area contributed by atoms with Crippen LogP contribution in [0.25, 0.3) is 10.9 Å². The number of H-pyrrole nitrogens is 1. The Morgan fingerprint density at radius 3 is 2.34 bits per heavy atom. The topological polar surface area (TPSA) is 65.5 Å². The molecule has 0 spiro atoms. The van der Waals surface area contributed by atoms with E-state index in [-0.39, 0.29) is 11.2 Å². The summed E-state index contributed by atoms with van der Waals surface area (Å²) < 4.78 is 41.5. The van der Waals surface area contributed by atoms with E-state index in [9.17, 15) is 23.1 Å². The highest BCUT2D eigenvalue weighted by atomic mass is 19.4. The summed E-state index contributed by atoms with van der Waals surface area (Å²) >= 11 is 0. The van der Waals surface area contributed by atoms with Gasteiger partial charge in [0.25, 0.3) is 0 Å². The van der Waals surface area contributed by atoms with E-state index >= 15 is 0 Å². The van der Waals surface area contributed by atoms with Gasteiger partial charge in [-0.2, -0.15) is 13.2 Å². The molecule has 0 aliphatic heterocycles. The lowest BCUT2D eigenvalue weighted by Gasteiger charge is -2.35. The lowest BCUT2D eigenvalue weighted by molar-refractivity contribution is -0.234. The summed E-state index contributed by atoms with van der Waals surface area (Å²) in [4.78, 5) is 18.0. The maximum atomic E-state index is 13.8. The van der Waals surface area contributed by atoms with Gasteiger partial charge in [-0.05, 0) is 35.6 Å². The summed E-state index contributed by atoms with van der Waals surface area (Å²) in [5.74, 6) is 0. The summed E-state index contributed by atoms with van der Waals surface area (Å²) in [6.45, 7) is 3.30. The normalized spacial score (nSPS) is 15.0. The Morgan fingerprint density at radius 1 is 1.00 bits per heavy atom. The number of aromatic amines is 1. The second kappa shape index (κ2) is 7.48. The summed E-state index contributed by atoms with van der Waals surface area (Å²) in [6.07, 6.45) is -4.96. The quantitative estimate of drug-likeness (QED) is 0.597. The minimum Gasteiger partial charge on any atom is -0.376 e. The number of benzene rings is 2. The van der Waals surface area contributed by atoms with E-state index < -0.39 is 23.6 Å². The maximum absolute atomic E-state index is 13.8. The van der Waals surface area contributed by atoms with Crippen LogP contribution in [0.1, 0.15) is 25.8 Å². The lowest BCUT2D eigenvalue weighted by atomic mass is 9.75.